The highest BCUT2D eigenvalue weighted by atomic mass is 16.5. The number of nitrogens with zero attached hydrogens (tertiary/aromatic N) is 1. The van der Waals surface area contributed by atoms with Crippen LogP contribution in [-0.2, 0) is 16.0 Å². The Morgan fingerprint density at radius 2 is 1.47 bits per heavy atom. The van der Waals surface area contributed by atoms with Gasteiger partial charge in [0.05, 0.1) is 6.54 Å². The highest BCUT2D eigenvalue weighted by Gasteiger charge is 2.06. The summed E-state index contributed by atoms with van der Waals surface area (Å²) in [6, 6.07) is 24.6. The Balaban J connectivity index is 1.38. The number of para-hydroxylation sites is 1. The third kappa shape index (κ3) is 8.50. The van der Waals surface area contributed by atoms with Crippen LogP contribution in [0.3, 0.4) is 0 Å². The molecule has 7 nitrogen and oxygen atoms in total. The van der Waals surface area contributed by atoms with Crippen molar-refractivity contribution < 1.29 is 19.1 Å². The van der Waals surface area contributed by atoms with Gasteiger partial charge in [0.25, 0.3) is 0 Å². The van der Waals surface area contributed by atoms with Crippen LogP contribution in [0, 0.1) is 0 Å². The number of nitrogens with one attached hydrogen (secondary N) is 2. The average Bonchev–Trinajstić information content (AvgIpc) is 2.85. The summed E-state index contributed by atoms with van der Waals surface area (Å²) in [6.45, 7) is 0.979. The molecule has 3 aromatic carbocycles. The van der Waals surface area contributed by atoms with Gasteiger partial charge in [-0.3, -0.25) is 9.59 Å². The van der Waals surface area contributed by atoms with Gasteiger partial charge in [-0.1, -0.05) is 36.4 Å². The fourth-order valence-corrected chi connectivity index (χ4v) is 3.15. The maximum Gasteiger partial charge on any atom is 0.243 e. The standard InChI is InChI=1S/C27H31N3O4/c1-30(2)27(32)16-13-21-11-14-22(15-12-21)29-26(31)20-28-23-7-6-10-25(19-23)34-18-17-33-24-8-4-3-5-9-24/h3-12,14-15,19,28H,13,16-18,20H2,1-2H3,(H,29,31). The third-order valence-corrected chi connectivity index (χ3v) is 5.02. The van der Waals surface area contributed by atoms with Crippen LogP contribution in [0.15, 0.2) is 78.9 Å². The Morgan fingerprint density at radius 3 is 2.18 bits per heavy atom. The Morgan fingerprint density at radius 1 is 0.794 bits per heavy atom. The van der Waals surface area contributed by atoms with Crippen molar-refractivity contribution in [3.8, 4) is 11.5 Å². The summed E-state index contributed by atoms with van der Waals surface area (Å²) in [4.78, 5) is 25.6. The average molecular weight is 462 g/mol. The lowest BCUT2D eigenvalue weighted by Crippen LogP contribution is -2.22. The van der Waals surface area contributed by atoms with Crippen LogP contribution < -0.4 is 20.1 Å². The molecule has 2 N–H and O–H groups in total. The number of hydrogen-bond acceptors (Lipinski definition) is 5. The van der Waals surface area contributed by atoms with Gasteiger partial charge in [-0.05, 0) is 48.4 Å². The number of ether oxygens (including phenoxy) is 2. The number of aryl methyl sites for hydroxylation is 1. The van der Waals surface area contributed by atoms with E-state index in [0.29, 0.717) is 37.5 Å². The van der Waals surface area contributed by atoms with Gasteiger partial charge in [0, 0.05) is 38.0 Å². The molecule has 0 saturated heterocycles. The predicted octanol–water partition coefficient (Wildman–Crippen LogP) is 4.22. The molecule has 0 unspecified atom stereocenters. The molecular weight excluding hydrogens is 430 g/mol. The van der Waals surface area contributed by atoms with E-state index in [2.05, 4.69) is 10.6 Å². The van der Waals surface area contributed by atoms with E-state index in [9.17, 15) is 9.59 Å². The lowest BCUT2D eigenvalue weighted by atomic mass is 10.1. The Bertz CT molecular complexity index is 1050. The van der Waals surface area contributed by atoms with Crippen molar-refractivity contribution in [2.75, 3.05) is 44.5 Å². The zero-order valence-corrected chi connectivity index (χ0v) is 19.6. The lowest BCUT2D eigenvalue weighted by Gasteiger charge is -2.12. The fraction of sp³-hybridized carbons (Fsp3) is 0.259. The van der Waals surface area contributed by atoms with Crippen molar-refractivity contribution in [3.05, 3.63) is 84.4 Å². The number of benzene rings is 3. The van der Waals surface area contributed by atoms with Crippen molar-refractivity contribution in [2.45, 2.75) is 12.8 Å². The first-order valence-corrected chi connectivity index (χ1v) is 11.2. The zero-order chi connectivity index (χ0) is 24.2. The number of hydrogen-bond donors (Lipinski definition) is 2. The van der Waals surface area contributed by atoms with Crippen LogP contribution in [0.1, 0.15) is 12.0 Å². The third-order valence-electron chi connectivity index (χ3n) is 5.02. The van der Waals surface area contributed by atoms with Gasteiger partial charge in [0.15, 0.2) is 0 Å². The number of carbonyl (C=O) groups excluding carboxylic acids is 2. The molecule has 178 valence electrons. The molecular formula is C27H31N3O4. The molecule has 0 bridgehead atoms. The van der Waals surface area contributed by atoms with Crippen LogP contribution in [0.5, 0.6) is 11.5 Å². The first kappa shape index (κ1) is 24.6. The Labute approximate surface area is 200 Å². The van der Waals surface area contributed by atoms with Gasteiger partial charge in [-0.25, -0.2) is 0 Å². The molecule has 34 heavy (non-hydrogen) atoms. The summed E-state index contributed by atoms with van der Waals surface area (Å²) in [5.41, 5.74) is 2.56. The van der Waals surface area contributed by atoms with Gasteiger partial charge in [-0.2, -0.15) is 0 Å². The van der Waals surface area contributed by atoms with E-state index < -0.39 is 0 Å². The minimum absolute atomic E-state index is 0.0958. The largest absolute Gasteiger partial charge is 0.490 e. The fourth-order valence-electron chi connectivity index (χ4n) is 3.15. The van der Waals surface area contributed by atoms with E-state index in [0.717, 1.165) is 17.0 Å². The quantitative estimate of drug-likeness (QED) is 0.395. The molecule has 3 rings (SSSR count). The van der Waals surface area contributed by atoms with Crippen molar-refractivity contribution in [1.82, 2.24) is 4.90 Å². The number of amides is 2. The van der Waals surface area contributed by atoms with Crippen molar-refractivity contribution in [1.29, 1.82) is 0 Å². The summed E-state index contributed by atoms with van der Waals surface area (Å²) >= 11 is 0. The molecule has 0 aliphatic heterocycles. The summed E-state index contributed by atoms with van der Waals surface area (Å²) in [7, 11) is 3.50. The second kappa shape index (κ2) is 12.9. The molecule has 0 radical (unpaired) electrons. The molecule has 0 aromatic heterocycles. The monoisotopic (exact) mass is 461 g/mol. The molecule has 0 fully saturated rings. The SMILES string of the molecule is CN(C)C(=O)CCc1ccc(NC(=O)CNc2cccc(OCCOc3ccccc3)c2)cc1. The second-order valence-electron chi connectivity index (χ2n) is 7.92. The smallest absolute Gasteiger partial charge is 0.243 e. The van der Waals surface area contributed by atoms with Gasteiger partial charge in [0.1, 0.15) is 24.7 Å². The molecule has 0 atom stereocenters. The normalized spacial score (nSPS) is 10.3. The summed E-state index contributed by atoms with van der Waals surface area (Å²) < 4.78 is 11.4. The summed E-state index contributed by atoms with van der Waals surface area (Å²) in [6.07, 6.45) is 1.13. The molecule has 0 aliphatic rings. The second-order valence-corrected chi connectivity index (χ2v) is 7.92. The number of carbonyl (C=O) groups is 2. The van der Waals surface area contributed by atoms with Crippen LogP contribution in [0.2, 0.25) is 0 Å². The van der Waals surface area contributed by atoms with Gasteiger partial charge < -0.3 is 25.0 Å². The van der Waals surface area contributed by atoms with E-state index in [1.807, 2.05) is 78.9 Å². The summed E-state index contributed by atoms with van der Waals surface area (Å²) in [5.74, 6) is 1.45. The Hall–Kier alpha value is -4.00. The highest BCUT2D eigenvalue weighted by Crippen LogP contribution is 2.18. The van der Waals surface area contributed by atoms with Crippen LogP contribution in [-0.4, -0.2) is 50.6 Å². The number of rotatable bonds is 12. The Kier molecular flexibility index (Phi) is 9.34. The molecule has 0 heterocycles. The van der Waals surface area contributed by atoms with Crippen molar-refractivity contribution in [2.24, 2.45) is 0 Å². The van der Waals surface area contributed by atoms with E-state index >= 15 is 0 Å². The molecule has 0 aliphatic carbocycles. The first-order chi connectivity index (χ1) is 16.5. The maximum absolute atomic E-state index is 12.3. The van der Waals surface area contributed by atoms with Gasteiger partial charge in [-0.15, -0.1) is 0 Å². The minimum atomic E-state index is -0.155. The minimum Gasteiger partial charge on any atom is -0.490 e. The first-order valence-electron chi connectivity index (χ1n) is 11.2. The van der Waals surface area contributed by atoms with Crippen molar-refractivity contribution >= 4 is 23.2 Å². The van der Waals surface area contributed by atoms with E-state index in [1.165, 1.54) is 0 Å². The zero-order valence-electron chi connectivity index (χ0n) is 19.6. The van der Waals surface area contributed by atoms with Gasteiger partial charge in [0.2, 0.25) is 11.8 Å². The lowest BCUT2D eigenvalue weighted by molar-refractivity contribution is -0.128. The van der Waals surface area contributed by atoms with Crippen LogP contribution in [0.25, 0.3) is 0 Å². The molecule has 0 spiro atoms. The van der Waals surface area contributed by atoms with Crippen LogP contribution in [0.4, 0.5) is 11.4 Å². The van der Waals surface area contributed by atoms with Crippen molar-refractivity contribution in [3.63, 3.8) is 0 Å². The summed E-state index contributed by atoms with van der Waals surface area (Å²) in [5, 5.41) is 5.98. The molecule has 2 amide bonds. The maximum atomic E-state index is 12.3. The predicted molar refractivity (Wildman–Crippen MR) is 134 cm³/mol. The van der Waals surface area contributed by atoms with Gasteiger partial charge >= 0.3 is 0 Å². The topological polar surface area (TPSA) is 79.9 Å². The molecule has 7 heteroatoms. The van der Waals surface area contributed by atoms with E-state index in [-0.39, 0.29) is 18.4 Å². The van der Waals surface area contributed by atoms with E-state index in [4.69, 9.17) is 9.47 Å². The molecule has 0 saturated carbocycles. The number of anilines is 2. The van der Waals surface area contributed by atoms with E-state index in [1.54, 1.807) is 19.0 Å². The molecule has 3 aromatic rings. The highest BCUT2D eigenvalue weighted by molar-refractivity contribution is 5.93. The van der Waals surface area contributed by atoms with Crippen LogP contribution >= 0.6 is 0 Å².